The van der Waals surface area contributed by atoms with Gasteiger partial charge in [0.2, 0.25) is 0 Å². The Morgan fingerprint density at radius 1 is 0.476 bits per heavy atom. The first-order valence-electron chi connectivity index (χ1n) is 31.1. The van der Waals surface area contributed by atoms with Crippen LogP contribution in [-0.4, -0.2) is 407 Å². The molecule has 6 heterocycles. The van der Waals surface area contributed by atoms with Crippen molar-refractivity contribution in [3.05, 3.63) is 0 Å². The Morgan fingerprint density at radius 2 is 0.943 bits per heavy atom. The van der Waals surface area contributed by atoms with Crippen LogP contribution in [0.5, 0.6) is 0 Å². The molecule has 6 fully saturated rings. The molecule has 56 heteroatoms. The van der Waals surface area contributed by atoms with Gasteiger partial charge in [0.25, 0.3) is 5.79 Å². The number of aliphatic hydroxyl groups excluding tert-OH is 17. The Kier molecular flexibility index (Phi) is 33.9. The first kappa shape index (κ1) is 91.5. The van der Waals surface area contributed by atoms with Gasteiger partial charge in [-0.15, -0.1) is 0 Å². The average molecular weight is 1630 g/mol. The largest absolute Gasteiger partial charge is 0.481 e. The van der Waals surface area contributed by atoms with Gasteiger partial charge >= 0.3 is 49.2 Å². The van der Waals surface area contributed by atoms with Gasteiger partial charge in [-0.1, -0.05) is 0 Å². The van der Waals surface area contributed by atoms with Crippen LogP contribution >= 0.6 is 31.3 Å². The third kappa shape index (κ3) is 23.4. The standard InChI is InChI=1S/C49H88N2O50P4/c1-14(57)86-36-22(13-85-102(74,75)76)89-44(29(68)27(36)66)96-41-33(17(60)9-53)91-45(93-37-19(99-105(81,82)101-104(79,80)84-6-4-51)7-49(73,48(71)72)98-34(37)18(61)10-54)31(70)39(41)94-46-40(26(65)25(64)35(92-46)21(12-56)100-103(77,78)83-5-3-50)95-47-42(97-43-28(67)24(63)23(62)20(11-55)88-43)38(87-15(2)58)30(69)32(90-47)16(59)8-52/h16-47,52-56,59-70,73H,3-13,50-51H2,1-2H3,(H,71,72)(H,77,78)(H,79,80)(H,81,82)(H2,74,75,76)/t16-,17-,18+,19+,20+,21-,22+,23+,24-,25-,26-,27+,28+,29+,30+,31-,32+,33+,34+,35+,36+,37+,38-,39+,40-,41+,42-,43-,44-,45+,46+,47+,49+/m0/s1. The van der Waals surface area contributed by atoms with Crippen LogP contribution in [0.4, 0.5) is 0 Å². The monoisotopic (exact) mass is 1630 g/mol. The SMILES string of the molecule is CC(=O)O[C@H]1[C@H](O)[C@@H]([C@@H](O)CO)O[C@H](O[C@@H]2[C@@H](O[C@@H]3[C@H](O)[C@@H](O[C@H]4[C@@H]([C@H](O)CO)O[C@@](O)(C(=O)O)C[C@H]4OP(=O)(O)OP(=O)(O)OCCN)O[C@H]([C@@H](O)CO)[C@H]3O[C@@H]3O[C@H](COP(=O)(O)O)[C@@H](OC(C)=O)[C@H](O)[C@H]3O)O[C@H]([C@H](CO)OP(=O)(O)OCCN)[C@@H](O)[C@@H]2O)[C@H]1O[C@@H]1O[C@H](CO)[C@@H](O)[C@H](O)[C@H]1O. The summed E-state index contributed by atoms with van der Waals surface area (Å²) >= 11 is 0. The lowest BCUT2D eigenvalue weighted by Crippen LogP contribution is -2.71. The molecule has 0 amide bonds. The Hall–Kier alpha value is -2.35. The lowest BCUT2D eigenvalue weighted by molar-refractivity contribution is -0.419. The summed E-state index contributed by atoms with van der Waals surface area (Å²) in [6, 6.07) is 0. The van der Waals surface area contributed by atoms with Crippen molar-refractivity contribution in [2.45, 2.75) is 222 Å². The van der Waals surface area contributed by atoms with Crippen LogP contribution in [0.1, 0.15) is 20.3 Å². The number of phosphoric ester groups is 4. The minimum Gasteiger partial charge on any atom is -0.477 e. The number of esters is 2. The van der Waals surface area contributed by atoms with Crippen LogP contribution in [0, 0.1) is 0 Å². The molecular formula is C49H88N2O50P4. The molecule has 6 aliphatic heterocycles. The van der Waals surface area contributed by atoms with Crippen molar-refractivity contribution in [2.75, 3.05) is 65.9 Å². The second kappa shape index (κ2) is 38.9. The number of aliphatic hydroxyl groups is 18. The number of ether oxygens (including phenoxy) is 13. The number of rotatable bonds is 37. The van der Waals surface area contributed by atoms with E-state index in [0.29, 0.717) is 6.92 Å². The molecule has 0 aliphatic carbocycles. The fourth-order valence-corrected chi connectivity index (χ4v) is 14.9. The lowest BCUT2D eigenvalue weighted by Gasteiger charge is -2.53. The maximum absolute atomic E-state index is 13.7. The fourth-order valence-electron chi connectivity index (χ4n) is 11.4. The van der Waals surface area contributed by atoms with Crippen LogP contribution in [0.15, 0.2) is 0 Å². The van der Waals surface area contributed by atoms with E-state index < -0.39 is 324 Å². The molecular weight excluding hydrogens is 1540 g/mol. The lowest BCUT2D eigenvalue weighted by atomic mass is 9.91. The maximum atomic E-state index is 13.7. The van der Waals surface area contributed by atoms with E-state index >= 15 is 0 Å². The average Bonchev–Trinajstić information content (AvgIpc) is 0.742. The number of carboxylic acid groups (broad SMARTS) is 1. The summed E-state index contributed by atoms with van der Waals surface area (Å²) < 4.78 is 155. The number of carbonyl (C=O) groups is 3. The molecule has 0 spiro atoms. The third-order valence-electron chi connectivity index (χ3n) is 16.2. The van der Waals surface area contributed by atoms with Gasteiger partial charge in [0.1, 0.15) is 146 Å². The smallest absolute Gasteiger partial charge is 0.477 e. The number of aliphatic carboxylic acids is 1. The molecule has 52 nitrogen and oxygen atoms in total. The van der Waals surface area contributed by atoms with Crippen molar-refractivity contribution >= 4 is 49.2 Å². The van der Waals surface area contributed by atoms with Crippen molar-refractivity contribution in [3.63, 3.8) is 0 Å². The van der Waals surface area contributed by atoms with Crippen molar-refractivity contribution in [1.29, 1.82) is 0 Å². The van der Waals surface area contributed by atoms with Gasteiger partial charge in [0.15, 0.2) is 49.8 Å². The van der Waals surface area contributed by atoms with E-state index in [4.69, 9.17) is 86.6 Å². The van der Waals surface area contributed by atoms with E-state index in [0.717, 1.165) is 6.92 Å². The molecule has 0 aromatic rings. The summed E-state index contributed by atoms with van der Waals surface area (Å²) in [5.74, 6) is -8.79. The van der Waals surface area contributed by atoms with Crippen molar-refractivity contribution in [3.8, 4) is 0 Å². The Bertz CT molecular complexity index is 2970. The highest BCUT2D eigenvalue weighted by atomic mass is 31.3. The van der Waals surface area contributed by atoms with E-state index in [1.54, 1.807) is 0 Å². The topological polar surface area (TPSA) is 832 Å². The van der Waals surface area contributed by atoms with Gasteiger partial charge in [-0.3, -0.25) is 32.2 Å². The highest BCUT2D eigenvalue weighted by Gasteiger charge is 2.63. The molecule has 6 saturated heterocycles. The number of hydrogen-bond donors (Lipinski definition) is 26. The predicted molar refractivity (Wildman–Crippen MR) is 317 cm³/mol. The molecule has 28 N–H and O–H groups in total. The summed E-state index contributed by atoms with van der Waals surface area (Å²) in [7, 11) is -23.3. The molecule has 36 atom stereocenters. The summed E-state index contributed by atoms with van der Waals surface area (Å²) in [5, 5.41) is 213. The third-order valence-corrected chi connectivity index (χ3v) is 20.4. The number of carbonyl (C=O) groups excluding carboxylic acids is 2. The molecule has 0 aromatic carbocycles. The summed E-state index contributed by atoms with van der Waals surface area (Å²) in [6.45, 7) is -9.96. The van der Waals surface area contributed by atoms with Crippen LogP contribution in [0.2, 0.25) is 0 Å². The van der Waals surface area contributed by atoms with Gasteiger partial charge in [-0.05, 0) is 0 Å². The molecule has 614 valence electrons. The van der Waals surface area contributed by atoms with E-state index in [1.807, 2.05) is 0 Å². The molecule has 0 radical (unpaired) electrons. The second-order valence-electron chi connectivity index (χ2n) is 23.9. The number of phosphoric acid groups is 4. The molecule has 0 bridgehead atoms. The van der Waals surface area contributed by atoms with Crippen LogP contribution in [-0.2, 0) is 121 Å². The summed E-state index contributed by atoms with van der Waals surface area (Å²) in [4.78, 5) is 89.1. The van der Waals surface area contributed by atoms with Gasteiger partial charge in [0, 0.05) is 33.4 Å². The van der Waals surface area contributed by atoms with Gasteiger partial charge in [-0.25, -0.2) is 23.1 Å². The molecule has 0 aromatic heterocycles. The van der Waals surface area contributed by atoms with Crippen LogP contribution in [0.25, 0.3) is 0 Å². The number of nitrogens with two attached hydrogens (primary N) is 2. The van der Waals surface area contributed by atoms with Crippen LogP contribution in [0.3, 0.4) is 0 Å². The number of carboxylic acids is 1. The van der Waals surface area contributed by atoms with Crippen LogP contribution < -0.4 is 11.5 Å². The molecule has 0 saturated carbocycles. The fraction of sp³-hybridized carbons (Fsp3) is 0.939. The Balaban J connectivity index is 1.63. The van der Waals surface area contributed by atoms with Crippen molar-refractivity contribution in [2.24, 2.45) is 11.5 Å². The maximum Gasteiger partial charge on any atom is 0.481 e. The minimum absolute atomic E-state index is 0.489. The summed E-state index contributed by atoms with van der Waals surface area (Å²) in [6.07, 6.45) is -85.0. The van der Waals surface area contributed by atoms with Crippen molar-refractivity contribution < 1.29 is 243 Å². The molecule has 3 unspecified atom stereocenters. The number of hydrogen-bond acceptors (Lipinski definition) is 46. The van der Waals surface area contributed by atoms with E-state index in [9.17, 15) is 154 Å². The molecule has 105 heavy (non-hydrogen) atoms. The Morgan fingerprint density at radius 3 is 1.49 bits per heavy atom. The normalized spacial score (nSPS) is 41.5. The summed E-state index contributed by atoms with van der Waals surface area (Å²) in [5.41, 5.74) is 10.7. The Labute approximate surface area is 590 Å². The van der Waals surface area contributed by atoms with Gasteiger partial charge in [-0.2, -0.15) is 4.31 Å². The van der Waals surface area contributed by atoms with E-state index in [1.165, 1.54) is 0 Å². The highest BCUT2D eigenvalue weighted by Crippen LogP contribution is 2.62. The van der Waals surface area contributed by atoms with Gasteiger partial charge in [0.05, 0.1) is 52.9 Å². The van der Waals surface area contributed by atoms with Crippen molar-refractivity contribution in [1.82, 2.24) is 0 Å². The van der Waals surface area contributed by atoms with E-state index in [-0.39, 0.29) is 0 Å². The first-order valence-corrected chi connectivity index (χ1v) is 37.1. The zero-order chi connectivity index (χ0) is 78.9. The second-order valence-corrected chi connectivity index (χ2v) is 29.5. The van der Waals surface area contributed by atoms with E-state index in [2.05, 4.69) is 13.4 Å². The molecule has 6 rings (SSSR count). The first-order chi connectivity index (χ1) is 48.9. The minimum atomic E-state index is -6.35. The molecule has 6 aliphatic rings. The highest BCUT2D eigenvalue weighted by molar-refractivity contribution is 7.61. The zero-order valence-corrected chi connectivity index (χ0v) is 58.1. The predicted octanol–water partition coefficient (Wildman–Crippen LogP) is -14.6. The quantitative estimate of drug-likeness (QED) is 0.0203. The zero-order valence-electron chi connectivity index (χ0n) is 54.5. The van der Waals surface area contributed by atoms with Gasteiger partial charge < -0.3 is 195 Å².